The summed E-state index contributed by atoms with van der Waals surface area (Å²) in [6.45, 7) is 0.561. The Balaban J connectivity index is 1.35. The van der Waals surface area contributed by atoms with E-state index in [9.17, 15) is 0 Å². The van der Waals surface area contributed by atoms with Gasteiger partial charge in [0.25, 0.3) is 0 Å². The van der Waals surface area contributed by atoms with Gasteiger partial charge in [0.1, 0.15) is 18.2 Å². The Kier molecular flexibility index (Phi) is 4.46. The molecule has 1 aromatic heterocycles. The summed E-state index contributed by atoms with van der Waals surface area (Å²) in [7, 11) is 0. The van der Waals surface area contributed by atoms with Crippen LogP contribution in [0.5, 0.6) is 5.75 Å². The fraction of sp³-hybridized carbons (Fsp3) is 0.200. The van der Waals surface area contributed by atoms with Gasteiger partial charge in [-0.1, -0.05) is 30.3 Å². The molecule has 0 radical (unpaired) electrons. The molecule has 0 atom stereocenters. The van der Waals surface area contributed by atoms with Gasteiger partial charge in [0.15, 0.2) is 0 Å². The Bertz CT molecular complexity index is 817. The first-order chi connectivity index (χ1) is 12.3. The predicted octanol–water partition coefficient (Wildman–Crippen LogP) is 4.37. The van der Waals surface area contributed by atoms with Gasteiger partial charge in [-0.05, 0) is 48.7 Å². The third kappa shape index (κ3) is 4.47. The van der Waals surface area contributed by atoms with Gasteiger partial charge in [0.2, 0.25) is 5.95 Å². The standard InChI is InChI=1S/C20H20N4O/c1-2-4-15(5-3-1)14-25-18-10-8-17(9-11-18)23-20-21-13-12-19(24-20)22-16-6-7-16/h1-5,8-13,16H,6-7,14H2,(H2,21,22,23,24). The molecule has 0 saturated heterocycles. The molecule has 1 saturated carbocycles. The molecule has 126 valence electrons. The van der Waals surface area contributed by atoms with Crippen molar-refractivity contribution in [1.82, 2.24) is 9.97 Å². The Morgan fingerprint density at radius 2 is 1.76 bits per heavy atom. The molecule has 0 aliphatic heterocycles. The second kappa shape index (κ2) is 7.21. The molecule has 4 rings (SSSR count). The first-order valence-corrected chi connectivity index (χ1v) is 8.48. The lowest BCUT2D eigenvalue weighted by Gasteiger charge is -2.09. The Morgan fingerprint density at radius 1 is 0.960 bits per heavy atom. The maximum atomic E-state index is 5.80. The summed E-state index contributed by atoms with van der Waals surface area (Å²) in [5, 5.41) is 6.59. The van der Waals surface area contributed by atoms with Crippen molar-refractivity contribution in [2.24, 2.45) is 0 Å². The molecule has 3 aromatic rings. The summed E-state index contributed by atoms with van der Waals surface area (Å²) < 4.78 is 5.80. The minimum Gasteiger partial charge on any atom is -0.489 e. The summed E-state index contributed by atoms with van der Waals surface area (Å²) in [5.41, 5.74) is 2.08. The number of ether oxygens (including phenoxy) is 1. The molecule has 1 aliphatic carbocycles. The minimum absolute atomic E-state index is 0.561. The molecule has 1 aliphatic rings. The van der Waals surface area contributed by atoms with E-state index in [0.29, 0.717) is 18.6 Å². The lowest BCUT2D eigenvalue weighted by molar-refractivity contribution is 0.306. The fourth-order valence-corrected chi connectivity index (χ4v) is 2.44. The van der Waals surface area contributed by atoms with E-state index in [1.807, 2.05) is 48.5 Å². The van der Waals surface area contributed by atoms with Crippen molar-refractivity contribution < 1.29 is 4.74 Å². The average molecular weight is 332 g/mol. The molecule has 25 heavy (non-hydrogen) atoms. The van der Waals surface area contributed by atoms with Crippen LogP contribution in [0, 0.1) is 0 Å². The smallest absolute Gasteiger partial charge is 0.229 e. The quantitative estimate of drug-likeness (QED) is 0.672. The number of benzene rings is 2. The summed E-state index contributed by atoms with van der Waals surface area (Å²) in [6.07, 6.45) is 4.20. The van der Waals surface area contributed by atoms with E-state index in [4.69, 9.17) is 4.74 Å². The molecule has 0 amide bonds. The van der Waals surface area contributed by atoms with E-state index in [1.54, 1.807) is 6.20 Å². The highest BCUT2D eigenvalue weighted by Crippen LogP contribution is 2.24. The number of nitrogens with zero attached hydrogens (tertiary/aromatic N) is 2. The topological polar surface area (TPSA) is 59.1 Å². The summed E-state index contributed by atoms with van der Waals surface area (Å²) >= 11 is 0. The molecule has 0 bridgehead atoms. The van der Waals surface area contributed by atoms with Crippen LogP contribution in [0.2, 0.25) is 0 Å². The normalized spacial score (nSPS) is 13.3. The van der Waals surface area contributed by atoms with Crippen LogP contribution in [0.25, 0.3) is 0 Å². The molecule has 0 unspecified atom stereocenters. The van der Waals surface area contributed by atoms with Gasteiger partial charge < -0.3 is 15.4 Å². The summed E-state index contributed by atoms with van der Waals surface area (Å²) in [6, 6.07) is 20.4. The van der Waals surface area contributed by atoms with Gasteiger partial charge in [-0.25, -0.2) is 4.98 Å². The van der Waals surface area contributed by atoms with Gasteiger partial charge in [-0.15, -0.1) is 0 Å². The summed E-state index contributed by atoms with van der Waals surface area (Å²) in [4.78, 5) is 8.75. The molecule has 1 fully saturated rings. The molecular weight excluding hydrogens is 312 g/mol. The van der Waals surface area contributed by atoms with Gasteiger partial charge in [-0.3, -0.25) is 0 Å². The zero-order chi connectivity index (χ0) is 16.9. The lowest BCUT2D eigenvalue weighted by atomic mass is 10.2. The molecule has 1 heterocycles. The van der Waals surface area contributed by atoms with Crippen LogP contribution in [-0.4, -0.2) is 16.0 Å². The number of hydrogen-bond acceptors (Lipinski definition) is 5. The second-order valence-electron chi connectivity index (χ2n) is 6.11. The molecule has 5 heteroatoms. The largest absolute Gasteiger partial charge is 0.489 e. The number of aromatic nitrogens is 2. The Hall–Kier alpha value is -3.08. The van der Waals surface area contributed by atoms with Crippen molar-refractivity contribution in [3.8, 4) is 5.75 Å². The van der Waals surface area contributed by atoms with Crippen LogP contribution in [0.1, 0.15) is 18.4 Å². The Labute approximate surface area is 147 Å². The minimum atomic E-state index is 0.561. The van der Waals surface area contributed by atoms with Crippen molar-refractivity contribution in [3.05, 3.63) is 72.4 Å². The van der Waals surface area contributed by atoms with Crippen LogP contribution in [0.3, 0.4) is 0 Å². The van der Waals surface area contributed by atoms with Crippen molar-refractivity contribution in [1.29, 1.82) is 0 Å². The van der Waals surface area contributed by atoms with Crippen molar-refractivity contribution in [2.75, 3.05) is 10.6 Å². The van der Waals surface area contributed by atoms with E-state index in [2.05, 4.69) is 32.7 Å². The second-order valence-corrected chi connectivity index (χ2v) is 6.11. The molecule has 2 aromatic carbocycles. The SMILES string of the molecule is c1ccc(COc2ccc(Nc3nccc(NC4CC4)n3)cc2)cc1. The fourth-order valence-electron chi connectivity index (χ4n) is 2.44. The van der Waals surface area contributed by atoms with Crippen molar-refractivity contribution in [2.45, 2.75) is 25.5 Å². The number of rotatable bonds is 7. The molecule has 5 nitrogen and oxygen atoms in total. The highest BCUT2D eigenvalue weighted by Gasteiger charge is 2.21. The number of nitrogens with one attached hydrogen (secondary N) is 2. The predicted molar refractivity (Wildman–Crippen MR) is 99.2 cm³/mol. The highest BCUT2D eigenvalue weighted by molar-refractivity contribution is 5.56. The van der Waals surface area contributed by atoms with Gasteiger partial charge >= 0.3 is 0 Å². The Morgan fingerprint density at radius 3 is 2.52 bits per heavy atom. The van der Waals surface area contributed by atoms with E-state index in [1.165, 1.54) is 12.8 Å². The molecule has 2 N–H and O–H groups in total. The monoisotopic (exact) mass is 332 g/mol. The number of anilines is 3. The zero-order valence-electron chi connectivity index (χ0n) is 13.9. The van der Waals surface area contributed by atoms with Crippen LogP contribution in [0.15, 0.2) is 66.9 Å². The maximum Gasteiger partial charge on any atom is 0.229 e. The van der Waals surface area contributed by atoms with E-state index >= 15 is 0 Å². The average Bonchev–Trinajstić information content (AvgIpc) is 3.46. The van der Waals surface area contributed by atoms with Crippen LogP contribution in [-0.2, 0) is 6.61 Å². The van der Waals surface area contributed by atoms with Crippen LogP contribution in [0.4, 0.5) is 17.5 Å². The van der Waals surface area contributed by atoms with Crippen LogP contribution < -0.4 is 15.4 Å². The van der Waals surface area contributed by atoms with Crippen molar-refractivity contribution >= 4 is 17.5 Å². The molecular formula is C20H20N4O. The van der Waals surface area contributed by atoms with Crippen LogP contribution >= 0.6 is 0 Å². The molecule has 0 spiro atoms. The summed E-state index contributed by atoms with van der Waals surface area (Å²) in [5.74, 6) is 2.28. The van der Waals surface area contributed by atoms with E-state index in [0.717, 1.165) is 22.8 Å². The third-order valence-electron chi connectivity index (χ3n) is 3.94. The lowest BCUT2D eigenvalue weighted by Crippen LogP contribution is -2.05. The van der Waals surface area contributed by atoms with Gasteiger partial charge in [0, 0.05) is 17.9 Å². The van der Waals surface area contributed by atoms with Crippen molar-refractivity contribution in [3.63, 3.8) is 0 Å². The maximum absolute atomic E-state index is 5.80. The highest BCUT2D eigenvalue weighted by atomic mass is 16.5. The zero-order valence-corrected chi connectivity index (χ0v) is 13.9. The number of hydrogen-bond donors (Lipinski definition) is 2. The van der Waals surface area contributed by atoms with E-state index < -0.39 is 0 Å². The first kappa shape index (κ1) is 15.4. The third-order valence-corrected chi connectivity index (χ3v) is 3.94. The van der Waals surface area contributed by atoms with Gasteiger partial charge in [0.05, 0.1) is 0 Å². The first-order valence-electron chi connectivity index (χ1n) is 8.48. The van der Waals surface area contributed by atoms with E-state index in [-0.39, 0.29) is 0 Å². The van der Waals surface area contributed by atoms with Gasteiger partial charge in [-0.2, -0.15) is 4.98 Å².